The minimum atomic E-state index is -0.659. The van der Waals surface area contributed by atoms with E-state index >= 15 is 0 Å². The van der Waals surface area contributed by atoms with Gasteiger partial charge in [-0.3, -0.25) is 4.79 Å². The molecule has 1 aromatic heterocycles. The number of nitrogens with zero attached hydrogens (tertiary/aromatic N) is 1. The van der Waals surface area contributed by atoms with Crippen LogP contribution in [0.4, 0.5) is 0 Å². The lowest BCUT2D eigenvalue weighted by Gasteiger charge is -2.16. The Labute approximate surface area is 227 Å². The third-order valence-corrected chi connectivity index (χ3v) is 7.27. The molecule has 0 aliphatic heterocycles. The minimum absolute atomic E-state index is 0.0128. The summed E-state index contributed by atoms with van der Waals surface area (Å²) in [6.07, 6.45) is 23.2. The molecule has 0 fully saturated rings. The van der Waals surface area contributed by atoms with E-state index in [1.54, 1.807) is 4.57 Å². The Kier molecular flexibility index (Phi) is 12.3. The molecule has 5 heteroatoms. The topological polar surface area (TPSA) is 82.7 Å². The first kappa shape index (κ1) is 29.3. The Morgan fingerprint density at radius 3 is 1.87 bits per heavy atom. The predicted octanol–water partition coefficient (Wildman–Crippen LogP) is 9.13. The number of phenolic OH excluding ortho intramolecular Hbond substituents is 2. The van der Waals surface area contributed by atoms with Crippen LogP contribution in [0.2, 0.25) is 0 Å². The molecule has 3 N–H and O–H groups in total. The molecule has 0 spiro atoms. The highest BCUT2D eigenvalue weighted by Gasteiger charge is 2.20. The number of fused-ring (bicyclic) bond motifs is 1. The average molecular weight is 520 g/mol. The van der Waals surface area contributed by atoms with Crippen molar-refractivity contribution in [3.8, 4) is 28.5 Å². The molecule has 1 heterocycles. The molecule has 0 amide bonds. The van der Waals surface area contributed by atoms with Crippen molar-refractivity contribution in [2.75, 3.05) is 0 Å². The quantitative estimate of drug-likeness (QED) is 0.155. The van der Waals surface area contributed by atoms with Crippen LogP contribution in [0.25, 0.3) is 28.4 Å². The lowest BCUT2D eigenvalue weighted by Crippen LogP contribution is -2.10. The number of pyridine rings is 1. The second-order valence-electron chi connectivity index (χ2n) is 10.4. The van der Waals surface area contributed by atoms with Crippen molar-refractivity contribution in [1.29, 1.82) is 0 Å². The molecule has 0 aliphatic rings. The summed E-state index contributed by atoms with van der Waals surface area (Å²) in [5.41, 5.74) is 0.702. The van der Waals surface area contributed by atoms with Crippen LogP contribution in [0.15, 0.2) is 53.3 Å². The summed E-state index contributed by atoms with van der Waals surface area (Å²) in [7, 11) is 0. The van der Waals surface area contributed by atoms with Gasteiger partial charge in [0.1, 0.15) is 11.5 Å². The van der Waals surface area contributed by atoms with Gasteiger partial charge >= 0.3 is 0 Å². The lowest BCUT2D eigenvalue weighted by molar-refractivity contribution is 0.451. The largest absolute Gasteiger partial charge is 0.508 e. The molecule has 3 rings (SSSR count). The van der Waals surface area contributed by atoms with Crippen molar-refractivity contribution in [1.82, 2.24) is 4.57 Å². The van der Waals surface area contributed by atoms with E-state index in [9.17, 15) is 20.1 Å². The molecule has 2 aromatic carbocycles. The van der Waals surface area contributed by atoms with Gasteiger partial charge in [-0.1, -0.05) is 127 Å². The number of aromatic nitrogens is 1. The number of aromatic hydroxyl groups is 3. The molecule has 0 saturated heterocycles. The van der Waals surface area contributed by atoms with E-state index in [4.69, 9.17) is 0 Å². The summed E-state index contributed by atoms with van der Waals surface area (Å²) in [4.78, 5) is 12.9. The lowest BCUT2D eigenvalue weighted by atomic mass is 10.0. The SMILES string of the molecule is CCCCCCCCCCCCCCCCC=Cn1c(-c2ccccc2)c(O)c(=O)c2c(O)cc(O)cc21. The summed E-state index contributed by atoms with van der Waals surface area (Å²) >= 11 is 0. The first-order chi connectivity index (χ1) is 18.5. The number of phenols is 2. The molecule has 5 nitrogen and oxygen atoms in total. The van der Waals surface area contributed by atoms with E-state index in [0.29, 0.717) is 16.8 Å². The van der Waals surface area contributed by atoms with Crippen molar-refractivity contribution >= 4 is 17.1 Å². The van der Waals surface area contributed by atoms with Crippen molar-refractivity contribution < 1.29 is 15.3 Å². The average Bonchev–Trinajstić information content (AvgIpc) is 2.91. The fraction of sp³-hybridized carbons (Fsp3) is 0.485. The molecule has 0 bridgehead atoms. The van der Waals surface area contributed by atoms with Gasteiger partial charge in [0, 0.05) is 23.9 Å². The molecule has 0 radical (unpaired) electrons. The highest BCUT2D eigenvalue weighted by molar-refractivity contribution is 5.93. The number of benzene rings is 2. The second kappa shape index (κ2) is 15.9. The highest BCUT2D eigenvalue weighted by Crippen LogP contribution is 2.35. The van der Waals surface area contributed by atoms with E-state index < -0.39 is 11.2 Å². The standard InChI is InChI=1S/C33H45NO4/c1-2-3-4-5-6-7-8-9-10-11-12-13-14-15-16-20-23-34-28-24-27(35)25-29(36)30(28)32(37)33(38)31(34)26-21-18-17-19-22-26/h17-25,35-36,38H,2-16H2,1H3. The third-order valence-electron chi connectivity index (χ3n) is 7.27. The molecule has 0 unspecified atom stereocenters. The number of unbranched alkanes of at least 4 members (excludes halogenated alkanes) is 14. The van der Waals surface area contributed by atoms with E-state index in [1.807, 2.05) is 42.6 Å². The molecule has 38 heavy (non-hydrogen) atoms. The van der Waals surface area contributed by atoms with E-state index in [-0.39, 0.29) is 16.9 Å². The van der Waals surface area contributed by atoms with Crippen LogP contribution >= 0.6 is 0 Å². The molecule has 0 saturated carbocycles. The Morgan fingerprint density at radius 1 is 0.737 bits per heavy atom. The van der Waals surface area contributed by atoms with Gasteiger partial charge in [-0.05, 0) is 12.8 Å². The maximum atomic E-state index is 12.9. The van der Waals surface area contributed by atoms with Crippen molar-refractivity contribution in [2.24, 2.45) is 0 Å². The van der Waals surface area contributed by atoms with Crippen LogP contribution < -0.4 is 5.43 Å². The normalized spacial score (nSPS) is 11.6. The Bertz CT molecular complexity index is 1210. The number of rotatable bonds is 17. The fourth-order valence-corrected chi connectivity index (χ4v) is 5.14. The monoisotopic (exact) mass is 519 g/mol. The van der Waals surface area contributed by atoms with Crippen LogP contribution in [-0.2, 0) is 0 Å². The smallest absolute Gasteiger partial charge is 0.235 e. The second-order valence-corrected chi connectivity index (χ2v) is 10.4. The minimum Gasteiger partial charge on any atom is -0.508 e. The first-order valence-corrected chi connectivity index (χ1v) is 14.6. The van der Waals surface area contributed by atoms with Crippen LogP contribution in [-0.4, -0.2) is 19.9 Å². The summed E-state index contributed by atoms with van der Waals surface area (Å²) in [6, 6.07) is 11.8. The van der Waals surface area contributed by atoms with Gasteiger partial charge in [-0.25, -0.2) is 0 Å². The molecule has 0 aliphatic carbocycles. The van der Waals surface area contributed by atoms with Crippen molar-refractivity contribution in [3.05, 3.63) is 58.8 Å². The third kappa shape index (κ3) is 8.41. The summed E-state index contributed by atoms with van der Waals surface area (Å²) in [5, 5.41) is 31.3. The Balaban J connectivity index is 1.52. The van der Waals surface area contributed by atoms with Crippen molar-refractivity contribution in [2.45, 2.75) is 103 Å². The van der Waals surface area contributed by atoms with E-state index in [2.05, 4.69) is 6.92 Å². The van der Waals surface area contributed by atoms with Gasteiger partial charge < -0.3 is 19.9 Å². The molecule has 206 valence electrons. The van der Waals surface area contributed by atoms with Crippen LogP contribution in [0, 0.1) is 0 Å². The summed E-state index contributed by atoms with van der Waals surface area (Å²) < 4.78 is 1.69. The Morgan fingerprint density at radius 2 is 1.29 bits per heavy atom. The molecule has 0 atom stereocenters. The number of hydrogen-bond acceptors (Lipinski definition) is 4. The highest BCUT2D eigenvalue weighted by atomic mass is 16.3. The summed E-state index contributed by atoms with van der Waals surface area (Å²) in [6.45, 7) is 2.27. The zero-order valence-electron chi connectivity index (χ0n) is 23.0. The maximum absolute atomic E-state index is 12.9. The van der Waals surface area contributed by atoms with Gasteiger partial charge in [0.25, 0.3) is 0 Å². The molecule has 3 aromatic rings. The Hall–Kier alpha value is -3.21. The maximum Gasteiger partial charge on any atom is 0.235 e. The van der Waals surface area contributed by atoms with Gasteiger partial charge in [0.15, 0.2) is 5.75 Å². The van der Waals surface area contributed by atoms with Gasteiger partial charge in [0.2, 0.25) is 5.43 Å². The van der Waals surface area contributed by atoms with Crippen LogP contribution in [0.3, 0.4) is 0 Å². The van der Waals surface area contributed by atoms with Gasteiger partial charge in [-0.2, -0.15) is 0 Å². The van der Waals surface area contributed by atoms with E-state index in [1.165, 1.54) is 89.5 Å². The fourth-order valence-electron chi connectivity index (χ4n) is 5.14. The van der Waals surface area contributed by atoms with Crippen LogP contribution in [0.1, 0.15) is 103 Å². The molecular formula is C33H45NO4. The summed E-state index contributed by atoms with van der Waals surface area (Å²) in [5.74, 6) is -0.923. The zero-order chi connectivity index (χ0) is 27.2. The number of hydrogen-bond donors (Lipinski definition) is 3. The van der Waals surface area contributed by atoms with Gasteiger partial charge in [0.05, 0.1) is 16.6 Å². The zero-order valence-corrected chi connectivity index (χ0v) is 23.0. The van der Waals surface area contributed by atoms with Gasteiger partial charge in [-0.15, -0.1) is 0 Å². The predicted molar refractivity (Wildman–Crippen MR) is 159 cm³/mol. The van der Waals surface area contributed by atoms with Crippen molar-refractivity contribution in [3.63, 3.8) is 0 Å². The van der Waals surface area contributed by atoms with E-state index in [0.717, 1.165) is 18.9 Å². The number of allylic oxidation sites excluding steroid dienone is 1. The molecular weight excluding hydrogens is 474 g/mol. The van der Waals surface area contributed by atoms with Crippen LogP contribution in [0.5, 0.6) is 17.2 Å². The first-order valence-electron chi connectivity index (χ1n) is 14.6.